The molecule has 0 aromatic carbocycles. The average Bonchev–Trinajstić information content (AvgIpc) is 2.77. The molecule has 2 N–H and O–H groups in total. The molecular weight excluding hydrogens is 254 g/mol. The summed E-state index contributed by atoms with van der Waals surface area (Å²) in [6.07, 6.45) is 1.05. The summed E-state index contributed by atoms with van der Waals surface area (Å²) in [5.74, 6) is 1.42. The Kier molecular flexibility index (Phi) is 4.58. The molecule has 0 aliphatic heterocycles. The number of hydrogen-bond donors (Lipinski definition) is 1. The van der Waals surface area contributed by atoms with Crippen molar-refractivity contribution in [2.75, 3.05) is 24.7 Å². The molecule has 92 valence electrons. The third-order valence-electron chi connectivity index (χ3n) is 2.14. The van der Waals surface area contributed by atoms with Crippen LogP contribution in [0.1, 0.15) is 13.3 Å². The first-order valence-electron chi connectivity index (χ1n) is 5.52. The fourth-order valence-corrected chi connectivity index (χ4v) is 2.89. The van der Waals surface area contributed by atoms with Gasteiger partial charge in [-0.15, -0.1) is 11.3 Å². The van der Waals surface area contributed by atoms with Crippen molar-refractivity contribution in [3.05, 3.63) is 11.4 Å². The van der Waals surface area contributed by atoms with Crippen molar-refractivity contribution in [2.45, 2.75) is 18.5 Å². The smallest absolute Gasteiger partial charge is 0.190 e. The Hall–Kier alpha value is -0.850. The Morgan fingerprint density at radius 1 is 1.41 bits per heavy atom. The van der Waals surface area contributed by atoms with E-state index in [9.17, 15) is 0 Å². The third kappa shape index (κ3) is 3.31. The molecule has 2 aromatic rings. The summed E-state index contributed by atoms with van der Waals surface area (Å²) in [7, 11) is 0. The summed E-state index contributed by atoms with van der Waals surface area (Å²) in [6, 6.07) is 1.95. The van der Waals surface area contributed by atoms with Gasteiger partial charge in [0.25, 0.3) is 0 Å². The maximum atomic E-state index is 5.86. The van der Waals surface area contributed by atoms with E-state index in [1.165, 1.54) is 0 Å². The summed E-state index contributed by atoms with van der Waals surface area (Å²) in [6.45, 7) is 3.64. The van der Waals surface area contributed by atoms with Gasteiger partial charge in [-0.05, 0) is 17.9 Å². The van der Waals surface area contributed by atoms with Crippen molar-refractivity contribution >= 4 is 39.1 Å². The monoisotopic (exact) mass is 269 g/mol. The van der Waals surface area contributed by atoms with Crippen molar-refractivity contribution in [1.29, 1.82) is 0 Å². The number of thioether (sulfide) groups is 1. The Morgan fingerprint density at radius 3 is 3.12 bits per heavy atom. The first-order chi connectivity index (χ1) is 8.31. The van der Waals surface area contributed by atoms with Gasteiger partial charge in [0.1, 0.15) is 10.6 Å². The van der Waals surface area contributed by atoms with Gasteiger partial charge in [-0.1, -0.05) is 18.7 Å². The molecule has 2 rings (SSSR count). The van der Waals surface area contributed by atoms with Crippen LogP contribution < -0.4 is 5.73 Å². The van der Waals surface area contributed by atoms with Gasteiger partial charge < -0.3 is 10.5 Å². The molecule has 0 spiro atoms. The second kappa shape index (κ2) is 6.18. The zero-order chi connectivity index (χ0) is 12.1. The molecule has 6 heteroatoms. The summed E-state index contributed by atoms with van der Waals surface area (Å²) in [4.78, 5) is 9.67. The number of aromatic nitrogens is 2. The van der Waals surface area contributed by atoms with E-state index in [0.29, 0.717) is 5.82 Å². The van der Waals surface area contributed by atoms with Crippen molar-refractivity contribution < 1.29 is 4.74 Å². The molecule has 0 aliphatic carbocycles. The molecule has 0 unspecified atom stereocenters. The summed E-state index contributed by atoms with van der Waals surface area (Å²) in [5.41, 5.74) is 5.86. The van der Waals surface area contributed by atoms with Gasteiger partial charge in [-0.25, -0.2) is 9.97 Å². The van der Waals surface area contributed by atoms with E-state index in [-0.39, 0.29) is 0 Å². The van der Waals surface area contributed by atoms with E-state index >= 15 is 0 Å². The van der Waals surface area contributed by atoms with Gasteiger partial charge in [0.05, 0.1) is 12.0 Å². The number of anilines is 1. The number of rotatable bonds is 6. The maximum absolute atomic E-state index is 5.86. The molecule has 0 amide bonds. The molecule has 2 heterocycles. The van der Waals surface area contributed by atoms with Gasteiger partial charge in [0.15, 0.2) is 5.16 Å². The lowest BCUT2D eigenvalue weighted by atomic mass is 10.4. The van der Waals surface area contributed by atoms with Crippen molar-refractivity contribution in [3.8, 4) is 0 Å². The van der Waals surface area contributed by atoms with Crippen LogP contribution in [0.15, 0.2) is 16.6 Å². The van der Waals surface area contributed by atoms with Gasteiger partial charge in [0, 0.05) is 12.4 Å². The van der Waals surface area contributed by atoms with E-state index in [0.717, 1.165) is 40.8 Å². The van der Waals surface area contributed by atoms with Crippen LogP contribution >= 0.6 is 23.1 Å². The molecule has 0 saturated heterocycles. The minimum Gasteiger partial charge on any atom is -0.383 e. The van der Waals surface area contributed by atoms with Gasteiger partial charge in [-0.3, -0.25) is 0 Å². The standard InChI is InChI=1S/C11H15N3OS2/c1-2-4-15-5-7-17-11-13-9(12)8-3-6-16-10(8)14-11/h3,6H,2,4-5,7H2,1H3,(H2,12,13,14). The second-order valence-electron chi connectivity index (χ2n) is 3.49. The number of ether oxygens (including phenoxy) is 1. The van der Waals surface area contributed by atoms with Gasteiger partial charge in [0.2, 0.25) is 0 Å². The van der Waals surface area contributed by atoms with E-state index in [1.807, 2.05) is 11.4 Å². The fourth-order valence-electron chi connectivity index (χ4n) is 1.36. The second-order valence-corrected chi connectivity index (χ2v) is 5.45. The van der Waals surface area contributed by atoms with E-state index in [2.05, 4.69) is 16.9 Å². The molecule has 0 saturated carbocycles. The molecule has 4 nitrogen and oxygen atoms in total. The predicted octanol–water partition coefficient (Wildman–Crippen LogP) is 2.79. The predicted molar refractivity (Wildman–Crippen MR) is 73.7 cm³/mol. The van der Waals surface area contributed by atoms with Crippen LogP contribution in [0.4, 0.5) is 5.82 Å². The van der Waals surface area contributed by atoms with E-state index in [1.54, 1.807) is 23.1 Å². The van der Waals surface area contributed by atoms with Crippen LogP contribution in [0.3, 0.4) is 0 Å². The lowest BCUT2D eigenvalue weighted by molar-refractivity contribution is 0.151. The summed E-state index contributed by atoms with van der Waals surface area (Å²) in [5, 5.41) is 3.66. The highest BCUT2D eigenvalue weighted by molar-refractivity contribution is 7.99. The summed E-state index contributed by atoms with van der Waals surface area (Å²) >= 11 is 3.17. The minimum absolute atomic E-state index is 0.563. The van der Waals surface area contributed by atoms with Crippen LogP contribution in [0.5, 0.6) is 0 Å². The first kappa shape index (κ1) is 12.6. The Labute approximate surface area is 109 Å². The molecule has 0 atom stereocenters. The molecule has 0 aliphatic rings. The molecular formula is C11H15N3OS2. The highest BCUT2D eigenvalue weighted by atomic mass is 32.2. The Morgan fingerprint density at radius 2 is 2.29 bits per heavy atom. The first-order valence-corrected chi connectivity index (χ1v) is 7.39. The van der Waals surface area contributed by atoms with Crippen molar-refractivity contribution in [3.63, 3.8) is 0 Å². The quantitative estimate of drug-likeness (QED) is 0.496. The summed E-state index contributed by atoms with van der Waals surface area (Å²) < 4.78 is 5.40. The normalized spacial score (nSPS) is 11.1. The van der Waals surface area contributed by atoms with Crippen molar-refractivity contribution in [2.24, 2.45) is 0 Å². The van der Waals surface area contributed by atoms with Crippen LogP contribution in [0.2, 0.25) is 0 Å². The maximum Gasteiger partial charge on any atom is 0.190 e. The van der Waals surface area contributed by atoms with Crippen LogP contribution in [-0.4, -0.2) is 28.9 Å². The van der Waals surface area contributed by atoms with Crippen LogP contribution in [0.25, 0.3) is 10.2 Å². The Balaban J connectivity index is 1.94. The number of hydrogen-bond acceptors (Lipinski definition) is 6. The van der Waals surface area contributed by atoms with Gasteiger partial charge >= 0.3 is 0 Å². The topological polar surface area (TPSA) is 61.0 Å². The lowest BCUT2D eigenvalue weighted by Crippen LogP contribution is -2.00. The highest BCUT2D eigenvalue weighted by Crippen LogP contribution is 2.25. The SMILES string of the molecule is CCCOCCSc1nc(N)c2ccsc2n1. The van der Waals surface area contributed by atoms with Crippen molar-refractivity contribution in [1.82, 2.24) is 9.97 Å². The zero-order valence-corrected chi connectivity index (χ0v) is 11.3. The van der Waals surface area contributed by atoms with E-state index in [4.69, 9.17) is 10.5 Å². The lowest BCUT2D eigenvalue weighted by Gasteiger charge is -2.03. The van der Waals surface area contributed by atoms with Crippen LogP contribution in [0, 0.1) is 0 Å². The molecule has 2 aromatic heterocycles. The Bertz CT molecular complexity index is 487. The third-order valence-corrected chi connectivity index (χ3v) is 3.76. The van der Waals surface area contributed by atoms with Gasteiger partial charge in [-0.2, -0.15) is 0 Å². The molecule has 17 heavy (non-hydrogen) atoms. The average molecular weight is 269 g/mol. The molecule has 0 fully saturated rings. The fraction of sp³-hybridized carbons (Fsp3) is 0.455. The zero-order valence-electron chi connectivity index (χ0n) is 9.68. The van der Waals surface area contributed by atoms with Crippen LogP contribution in [-0.2, 0) is 4.74 Å². The molecule has 0 bridgehead atoms. The largest absolute Gasteiger partial charge is 0.383 e. The molecule has 0 radical (unpaired) electrons. The number of nitrogens with two attached hydrogens (primary N) is 1. The number of thiophene rings is 1. The van der Waals surface area contributed by atoms with E-state index < -0.39 is 0 Å². The number of fused-ring (bicyclic) bond motifs is 1. The number of nitrogen functional groups attached to an aromatic ring is 1. The number of nitrogens with zero attached hydrogens (tertiary/aromatic N) is 2. The highest BCUT2D eigenvalue weighted by Gasteiger charge is 2.06. The minimum atomic E-state index is 0.563.